The van der Waals surface area contributed by atoms with Crippen molar-refractivity contribution < 1.29 is 14.4 Å². The smallest absolute Gasteiger partial charge is 0.243 e. The van der Waals surface area contributed by atoms with Gasteiger partial charge in [0.1, 0.15) is 17.9 Å². The van der Waals surface area contributed by atoms with Gasteiger partial charge in [0.2, 0.25) is 17.7 Å². The summed E-state index contributed by atoms with van der Waals surface area (Å²) in [5.41, 5.74) is 29.8. The number of nitrogens with two attached hydrogens (primary N) is 5. The molecule has 1 unspecified atom stereocenters. The maximum absolute atomic E-state index is 13.9. The molecule has 12 heteroatoms. The summed E-state index contributed by atoms with van der Waals surface area (Å²) in [5, 5.41) is 15.3. The second-order valence-corrected chi connectivity index (χ2v) is 10.4. The first-order valence-corrected chi connectivity index (χ1v) is 14.2. The molecule has 0 heterocycles. The van der Waals surface area contributed by atoms with Crippen molar-refractivity contribution in [2.75, 3.05) is 13.1 Å². The topological polar surface area (TPSA) is 242 Å². The molecule has 43 heavy (non-hydrogen) atoms. The zero-order chi connectivity index (χ0) is 31.4. The van der Waals surface area contributed by atoms with Crippen molar-refractivity contribution in [2.45, 2.75) is 50.1 Å². The summed E-state index contributed by atoms with van der Waals surface area (Å²) < 4.78 is 0. The molecule has 3 aromatic carbocycles. The van der Waals surface area contributed by atoms with E-state index in [0.29, 0.717) is 31.4 Å². The van der Waals surface area contributed by atoms with Gasteiger partial charge in [-0.1, -0.05) is 66.7 Å². The molecular weight excluding hydrogens is 546 g/mol. The summed E-state index contributed by atoms with van der Waals surface area (Å²) in [6, 6.07) is 18.9. The van der Waals surface area contributed by atoms with Gasteiger partial charge in [-0.15, -0.1) is 0 Å². The molecule has 12 nitrogen and oxygen atoms in total. The molecule has 13 N–H and O–H groups in total. The fraction of sp³-hybridized carbons (Fsp3) is 0.323. The molecule has 0 aliphatic rings. The van der Waals surface area contributed by atoms with E-state index < -0.39 is 29.8 Å². The number of fused-ring (bicyclic) bond motifs is 1. The number of benzene rings is 3. The summed E-state index contributed by atoms with van der Waals surface area (Å²) in [7, 11) is 0. The Morgan fingerprint density at radius 3 is 2.07 bits per heavy atom. The van der Waals surface area contributed by atoms with Crippen LogP contribution in [0.2, 0.25) is 0 Å². The zero-order valence-corrected chi connectivity index (χ0v) is 24.1. The molecule has 0 aromatic heterocycles. The van der Waals surface area contributed by atoms with Crippen molar-refractivity contribution in [1.29, 1.82) is 5.41 Å². The van der Waals surface area contributed by atoms with Crippen LogP contribution >= 0.6 is 0 Å². The second kappa shape index (κ2) is 15.9. The van der Waals surface area contributed by atoms with Crippen LogP contribution < -0.4 is 39.3 Å². The molecule has 3 rings (SSSR count). The van der Waals surface area contributed by atoms with Gasteiger partial charge in [0.15, 0.2) is 5.96 Å². The highest BCUT2D eigenvalue weighted by Gasteiger charge is 2.29. The van der Waals surface area contributed by atoms with E-state index in [1.165, 1.54) is 0 Å². The molecule has 0 radical (unpaired) electrons. The van der Waals surface area contributed by atoms with E-state index in [1.807, 2.05) is 54.6 Å². The highest BCUT2D eigenvalue weighted by atomic mass is 16.2. The predicted octanol–water partition coefficient (Wildman–Crippen LogP) is 0.698. The van der Waals surface area contributed by atoms with Gasteiger partial charge >= 0.3 is 0 Å². The molecule has 3 atom stereocenters. The minimum atomic E-state index is -0.963. The second-order valence-electron chi connectivity index (χ2n) is 10.4. The first-order chi connectivity index (χ1) is 20.6. The van der Waals surface area contributed by atoms with Crippen molar-refractivity contribution in [3.63, 3.8) is 0 Å². The van der Waals surface area contributed by atoms with E-state index in [9.17, 15) is 14.4 Å². The molecule has 3 aromatic rings. The lowest BCUT2D eigenvalue weighted by molar-refractivity contribution is -0.132. The van der Waals surface area contributed by atoms with Gasteiger partial charge in [-0.3, -0.25) is 24.8 Å². The van der Waals surface area contributed by atoms with Crippen LogP contribution in [0, 0.1) is 5.41 Å². The summed E-state index contributed by atoms with van der Waals surface area (Å²) in [6.45, 7) is 0.587. The third-order valence-electron chi connectivity index (χ3n) is 7.13. The van der Waals surface area contributed by atoms with Gasteiger partial charge in [0.25, 0.3) is 0 Å². The lowest BCUT2D eigenvalue weighted by Gasteiger charge is -2.25. The van der Waals surface area contributed by atoms with E-state index >= 15 is 0 Å². The molecule has 0 spiro atoms. The Morgan fingerprint density at radius 2 is 1.44 bits per heavy atom. The summed E-state index contributed by atoms with van der Waals surface area (Å²) in [5.74, 6) is -2.35. The van der Waals surface area contributed by atoms with Crippen molar-refractivity contribution in [1.82, 2.24) is 10.6 Å². The fourth-order valence-corrected chi connectivity index (χ4v) is 4.77. The van der Waals surface area contributed by atoms with Gasteiger partial charge in [-0.05, 0) is 60.5 Å². The Hall–Kier alpha value is -4.97. The summed E-state index contributed by atoms with van der Waals surface area (Å²) >= 11 is 0. The Morgan fingerprint density at radius 1 is 0.791 bits per heavy atom. The highest BCUT2D eigenvalue weighted by molar-refractivity contribution is 5.95. The maximum atomic E-state index is 13.9. The SMILES string of the molecule is N=C(N)c1ccc(CC(C(=O)N[C@@H](CCCN)C(=O)N[C@@H](CCCN=C(N)N)C(N)=O)c2ccc3ccccc3c2)cc1. The number of aliphatic imine (C=N–C) groups is 1. The van der Waals surface area contributed by atoms with Crippen LogP contribution in [0.3, 0.4) is 0 Å². The van der Waals surface area contributed by atoms with Crippen LogP contribution in [-0.2, 0) is 20.8 Å². The van der Waals surface area contributed by atoms with E-state index in [1.54, 1.807) is 12.1 Å². The number of amidine groups is 1. The fourth-order valence-electron chi connectivity index (χ4n) is 4.77. The number of carbonyl (C=O) groups excluding carboxylic acids is 3. The van der Waals surface area contributed by atoms with Crippen molar-refractivity contribution in [2.24, 2.45) is 33.7 Å². The standard InChI is InChI=1S/C31H41N9O3/c32-15-3-7-26(30(43)39-25(28(35)41)8-4-16-38-31(36)37)40-29(42)24(17-19-9-11-21(12-10-19)27(33)34)23-14-13-20-5-1-2-6-22(20)18-23/h1-2,5-6,9-14,18,24-26H,3-4,7-8,15-17,32H2,(H3,33,34)(H2,35,41)(H,39,43)(H,40,42)(H4,36,37,38)/t24?,25-,26-/m0/s1. The zero-order valence-electron chi connectivity index (χ0n) is 24.1. The van der Waals surface area contributed by atoms with Crippen molar-refractivity contribution in [3.05, 3.63) is 83.4 Å². The lowest BCUT2D eigenvalue weighted by atomic mass is 9.89. The number of primary amides is 1. The number of guanidine groups is 1. The third-order valence-corrected chi connectivity index (χ3v) is 7.13. The minimum Gasteiger partial charge on any atom is -0.384 e. The number of nitrogen functional groups attached to an aromatic ring is 1. The Balaban J connectivity index is 1.85. The van der Waals surface area contributed by atoms with E-state index in [-0.39, 0.29) is 37.1 Å². The number of rotatable bonds is 16. The number of amides is 3. The van der Waals surface area contributed by atoms with E-state index in [4.69, 9.17) is 34.1 Å². The van der Waals surface area contributed by atoms with Gasteiger partial charge in [0.05, 0.1) is 5.92 Å². The molecule has 3 amide bonds. The lowest BCUT2D eigenvalue weighted by Crippen LogP contribution is -2.53. The van der Waals surface area contributed by atoms with E-state index in [0.717, 1.165) is 21.9 Å². The monoisotopic (exact) mass is 587 g/mol. The van der Waals surface area contributed by atoms with Gasteiger partial charge in [-0.25, -0.2) is 0 Å². The minimum absolute atomic E-state index is 0.0466. The van der Waals surface area contributed by atoms with Crippen LogP contribution in [0.15, 0.2) is 71.7 Å². The predicted molar refractivity (Wildman–Crippen MR) is 169 cm³/mol. The average molecular weight is 588 g/mol. The van der Waals surface area contributed by atoms with Crippen molar-refractivity contribution in [3.8, 4) is 0 Å². The normalized spacial score (nSPS) is 13.0. The number of carbonyl (C=O) groups is 3. The molecule has 228 valence electrons. The van der Waals surface area contributed by atoms with Gasteiger partial charge in [0, 0.05) is 12.1 Å². The van der Waals surface area contributed by atoms with E-state index in [2.05, 4.69) is 15.6 Å². The Labute approximate surface area is 251 Å². The molecule has 0 saturated carbocycles. The van der Waals surface area contributed by atoms with Gasteiger partial charge < -0.3 is 39.3 Å². The third kappa shape index (κ3) is 9.82. The molecule has 0 aliphatic heterocycles. The molecule has 0 saturated heterocycles. The molecule has 0 aliphatic carbocycles. The number of hydrogen-bond donors (Lipinski definition) is 8. The highest BCUT2D eigenvalue weighted by Crippen LogP contribution is 2.26. The first-order valence-electron chi connectivity index (χ1n) is 14.2. The van der Waals surface area contributed by atoms with Gasteiger partial charge in [-0.2, -0.15) is 0 Å². The van der Waals surface area contributed by atoms with Crippen molar-refractivity contribution >= 4 is 40.3 Å². The van der Waals surface area contributed by atoms with Crippen LogP contribution in [0.5, 0.6) is 0 Å². The van der Waals surface area contributed by atoms with Crippen LogP contribution in [0.1, 0.15) is 48.3 Å². The maximum Gasteiger partial charge on any atom is 0.243 e. The molecule has 0 fully saturated rings. The molecular formula is C31H41N9O3. The van der Waals surface area contributed by atoms with Crippen LogP contribution in [0.4, 0.5) is 0 Å². The van der Waals surface area contributed by atoms with Crippen LogP contribution in [0.25, 0.3) is 10.8 Å². The number of nitrogens with zero attached hydrogens (tertiary/aromatic N) is 1. The molecule has 0 bridgehead atoms. The summed E-state index contributed by atoms with van der Waals surface area (Å²) in [6.07, 6.45) is 1.72. The number of hydrogen-bond acceptors (Lipinski definition) is 6. The Bertz CT molecular complexity index is 1450. The Kier molecular flexibility index (Phi) is 12.0. The number of nitrogens with one attached hydrogen (secondary N) is 3. The average Bonchev–Trinajstić information content (AvgIpc) is 2.99. The quantitative estimate of drug-likeness (QED) is 0.0676. The summed E-state index contributed by atoms with van der Waals surface area (Å²) in [4.78, 5) is 43.3. The largest absolute Gasteiger partial charge is 0.384 e. The van der Waals surface area contributed by atoms with Crippen LogP contribution in [-0.4, -0.2) is 54.7 Å². The first kappa shape index (κ1) is 32.5.